The van der Waals surface area contributed by atoms with Crippen molar-refractivity contribution in [3.63, 3.8) is 0 Å². The summed E-state index contributed by atoms with van der Waals surface area (Å²) in [6.07, 6.45) is 19.5. The molecule has 4 aromatic carbocycles. The zero-order valence-electron chi connectivity index (χ0n) is 52.1. The third kappa shape index (κ3) is 22.8. The van der Waals surface area contributed by atoms with Gasteiger partial charge in [-0.1, -0.05) is 147 Å². The molecule has 0 unspecified atom stereocenters. The summed E-state index contributed by atoms with van der Waals surface area (Å²) in [4.78, 5) is 62.5. The third-order valence-corrected chi connectivity index (χ3v) is 20.3. The molecule has 4 aliphatic rings. The van der Waals surface area contributed by atoms with Crippen molar-refractivity contribution in [2.45, 2.75) is 154 Å². The molecule has 0 aromatic heterocycles. The van der Waals surface area contributed by atoms with Gasteiger partial charge in [0.05, 0.1) is 12.5 Å². The van der Waals surface area contributed by atoms with Crippen LogP contribution in [0.25, 0.3) is 0 Å². The minimum absolute atomic E-state index is 0.00494. The predicted molar refractivity (Wildman–Crippen MR) is 353 cm³/mol. The average molecular weight is 1320 g/mol. The van der Waals surface area contributed by atoms with Gasteiger partial charge in [0.2, 0.25) is 37.8 Å². The first kappa shape index (κ1) is 71.1. The average Bonchev–Trinajstić information content (AvgIpc) is 2.49. The molecule has 4 amide bonds. The Labute approximate surface area is 542 Å². The summed E-state index contributed by atoms with van der Waals surface area (Å²) in [6, 6.07) is 30.8. The molecule has 2 atom stereocenters. The van der Waals surface area contributed by atoms with E-state index in [4.69, 9.17) is 49.6 Å². The number of halogens is 2. The molecule has 2 aliphatic heterocycles. The first-order chi connectivity index (χ1) is 43.0. The largest absolute Gasteiger partial charge is 0.444 e. The number of alkyl carbamates (subject to hydrolysis) is 1. The number of rotatable bonds is 24. The van der Waals surface area contributed by atoms with Gasteiger partial charge in [0.15, 0.2) is 5.96 Å². The molecule has 4 aromatic rings. The second-order valence-electron chi connectivity index (χ2n) is 24.8. The van der Waals surface area contributed by atoms with Crippen LogP contribution < -0.4 is 26.2 Å². The number of guanidine groups is 2. The SMILES string of the molecule is CS(=O)(=O)N[C@H](Cc1ccc(Cl)cc1)C(=O)N1CCC(CCCN(C(=N)NC(=O)OCc2ccccc2)C(=O)OCc2ccccc2)(C2CCCCC2)CC1.CS(=O)(=O)N[C@H](Cc1ccc(Cl)cc1)C(=O)N1CCC(CCCN=C(N)N)(C2CCCCC2)CC1. The summed E-state index contributed by atoms with van der Waals surface area (Å²) >= 11 is 12.0. The number of sulfonamides is 2. The van der Waals surface area contributed by atoms with Crippen molar-refractivity contribution in [1.29, 1.82) is 5.41 Å². The lowest BCUT2D eigenvalue weighted by Gasteiger charge is -2.49. The summed E-state index contributed by atoms with van der Waals surface area (Å²) < 4.78 is 64.8. The van der Waals surface area contributed by atoms with Crippen LogP contribution in [0.4, 0.5) is 9.59 Å². The number of piperidine rings is 2. The fraction of sp³-hybridized carbons (Fsp3) is 0.545. The lowest BCUT2D eigenvalue weighted by molar-refractivity contribution is -0.137. The van der Waals surface area contributed by atoms with Gasteiger partial charge in [0.1, 0.15) is 25.3 Å². The van der Waals surface area contributed by atoms with E-state index in [1.54, 1.807) is 41.3 Å². The van der Waals surface area contributed by atoms with E-state index in [-0.39, 0.29) is 61.2 Å². The number of carbonyl (C=O) groups is 4. The van der Waals surface area contributed by atoms with Crippen LogP contribution in [-0.4, -0.2) is 131 Å². The van der Waals surface area contributed by atoms with Gasteiger partial charge in [-0.25, -0.2) is 40.8 Å². The molecule has 2 saturated carbocycles. The van der Waals surface area contributed by atoms with E-state index in [1.807, 2.05) is 77.7 Å². The maximum Gasteiger partial charge on any atom is 0.416 e. The van der Waals surface area contributed by atoms with E-state index in [0.717, 1.165) is 110 Å². The highest BCUT2D eigenvalue weighted by Crippen LogP contribution is 2.50. The quantitative estimate of drug-likeness (QED) is 0.0217. The number of hydrogen-bond donors (Lipinski definition) is 6. The van der Waals surface area contributed by atoms with Crippen molar-refractivity contribution in [3.8, 4) is 0 Å². The summed E-state index contributed by atoms with van der Waals surface area (Å²) in [5.74, 6) is 0.357. The Balaban J connectivity index is 0.000000283. The fourth-order valence-electron chi connectivity index (χ4n) is 13.8. The second-order valence-corrected chi connectivity index (χ2v) is 29.3. The maximum atomic E-state index is 13.9. The highest BCUT2D eigenvalue weighted by atomic mass is 35.5. The van der Waals surface area contributed by atoms with Crippen LogP contribution in [0.15, 0.2) is 114 Å². The Morgan fingerprint density at radius 3 is 1.40 bits per heavy atom. The summed E-state index contributed by atoms with van der Waals surface area (Å²) in [6.45, 7) is 3.00. The number of nitrogens with one attached hydrogen (secondary N) is 4. The monoisotopic (exact) mass is 1320 g/mol. The van der Waals surface area contributed by atoms with Gasteiger partial charge in [-0.3, -0.25) is 25.3 Å². The van der Waals surface area contributed by atoms with Crippen LogP contribution in [-0.2, 0) is 65.2 Å². The van der Waals surface area contributed by atoms with E-state index in [1.165, 1.54) is 38.5 Å². The molecule has 90 heavy (non-hydrogen) atoms. The Morgan fingerprint density at radius 2 is 1.00 bits per heavy atom. The van der Waals surface area contributed by atoms with Gasteiger partial charge in [-0.05, 0) is 159 Å². The standard InChI is InChI=1S/C41H52ClN5O7S.C25H40ClN5O3S/c1-55(51,52)45-36(28-31-18-20-35(42)21-19-31)37(48)46-26-23-41(24-27-46,34-16-9-4-10-17-34)22-11-25-47(40(50)54-30-33-14-7-3-8-15-33)38(43)44-39(49)53-29-32-12-5-2-6-13-32;1-35(33,34)30-22(18-19-8-10-21(26)11-9-19)23(32)31-16-13-25(14-17-31,12-5-15-29-24(27)28)20-6-3-2-4-7-20/h2-3,5-8,12-15,18-21,34,36,45H,4,9-11,16-17,22-30H2,1H3,(H2,43,44,49);8-11,20,22,30H,2-7,12-18H2,1H3,(H4,27,28,29)/t36-;22-/m11/s1. The summed E-state index contributed by atoms with van der Waals surface area (Å²) in [5.41, 5.74) is 14.3. The van der Waals surface area contributed by atoms with E-state index >= 15 is 0 Å². The molecule has 8 rings (SSSR count). The topological polar surface area (TPSA) is 289 Å². The zero-order chi connectivity index (χ0) is 64.7. The number of ether oxygens (including phenoxy) is 2. The first-order valence-electron chi connectivity index (χ1n) is 31.6. The lowest BCUT2D eigenvalue weighted by Crippen LogP contribution is -2.54. The number of amides is 4. The highest BCUT2D eigenvalue weighted by Gasteiger charge is 2.45. The zero-order valence-corrected chi connectivity index (χ0v) is 55.2. The molecule has 0 radical (unpaired) electrons. The lowest BCUT2D eigenvalue weighted by atomic mass is 9.61. The van der Waals surface area contributed by atoms with Gasteiger partial charge >= 0.3 is 12.2 Å². The van der Waals surface area contributed by atoms with Gasteiger partial charge in [0.25, 0.3) is 0 Å². The highest BCUT2D eigenvalue weighted by molar-refractivity contribution is 7.89. The van der Waals surface area contributed by atoms with Crippen LogP contribution in [0.5, 0.6) is 0 Å². The second kappa shape index (κ2) is 34.4. The number of carbonyl (C=O) groups excluding carboxylic acids is 4. The Kier molecular flexibility index (Phi) is 27.2. The maximum absolute atomic E-state index is 13.9. The molecule has 24 heteroatoms. The van der Waals surface area contributed by atoms with E-state index < -0.39 is 50.3 Å². The number of nitrogens with zero attached hydrogens (tertiary/aromatic N) is 4. The van der Waals surface area contributed by atoms with Crippen molar-refractivity contribution < 1.29 is 45.5 Å². The van der Waals surface area contributed by atoms with Gasteiger partial charge in [-0.2, -0.15) is 0 Å². The molecule has 0 bridgehead atoms. The molecule has 2 saturated heterocycles. The van der Waals surface area contributed by atoms with E-state index in [2.05, 4.69) is 19.8 Å². The normalized spacial score (nSPS) is 17.7. The van der Waals surface area contributed by atoms with Gasteiger partial charge < -0.3 is 30.7 Å². The van der Waals surface area contributed by atoms with Crippen LogP contribution >= 0.6 is 23.2 Å². The molecule has 8 N–H and O–H groups in total. The molecule has 20 nitrogen and oxygen atoms in total. The van der Waals surface area contributed by atoms with Crippen LogP contribution in [0, 0.1) is 28.1 Å². The number of benzene rings is 4. The van der Waals surface area contributed by atoms with Crippen LogP contribution in [0.1, 0.15) is 138 Å². The predicted octanol–water partition coefficient (Wildman–Crippen LogP) is 10.3. The number of aliphatic imine (C=N–C) groups is 1. The third-order valence-electron chi connectivity index (χ3n) is 18.4. The summed E-state index contributed by atoms with van der Waals surface area (Å²) in [7, 11) is -7.22. The smallest absolute Gasteiger partial charge is 0.416 e. The van der Waals surface area contributed by atoms with Crippen molar-refractivity contribution >= 4 is 79.2 Å². The van der Waals surface area contributed by atoms with Gasteiger partial charge in [0, 0.05) is 49.3 Å². The van der Waals surface area contributed by atoms with Crippen molar-refractivity contribution in [3.05, 3.63) is 141 Å². The molecular weight excluding hydrogens is 1230 g/mol. The molecule has 2 aliphatic carbocycles. The van der Waals surface area contributed by atoms with Crippen molar-refractivity contribution in [1.82, 2.24) is 29.5 Å². The number of nitrogens with two attached hydrogens (primary N) is 2. The fourth-order valence-corrected chi connectivity index (χ4v) is 15.4. The first-order valence-corrected chi connectivity index (χ1v) is 36.1. The molecule has 4 fully saturated rings. The molecule has 0 spiro atoms. The molecule has 2 heterocycles. The van der Waals surface area contributed by atoms with E-state index in [0.29, 0.717) is 61.0 Å². The van der Waals surface area contributed by atoms with Crippen LogP contribution in [0.2, 0.25) is 10.0 Å². The molecular formula is C66H92Cl2N10O10S2. The summed E-state index contributed by atoms with van der Waals surface area (Å²) in [5, 5.41) is 12.3. The number of hydrogen-bond acceptors (Lipinski definition) is 12. The Bertz CT molecular complexity index is 3210. The Hall–Kier alpha value is -6.30. The minimum atomic E-state index is -3.67. The van der Waals surface area contributed by atoms with E-state index in [9.17, 15) is 36.0 Å². The minimum Gasteiger partial charge on any atom is -0.444 e. The van der Waals surface area contributed by atoms with Crippen molar-refractivity contribution in [2.75, 3.05) is 51.8 Å². The Morgan fingerprint density at radius 1 is 0.600 bits per heavy atom. The van der Waals surface area contributed by atoms with Gasteiger partial charge in [-0.15, -0.1) is 0 Å². The molecule has 492 valence electrons. The van der Waals surface area contributed by atoms with Crippen molar-refractivity contribution in [2.24, 2.45) is 39.1 Å². The van der Waals surface area contributed by atoms with Crippen LogP contribution in [0.3, 0.4) is 0 Å². The number of likely N-dealkylation sites (tertiary alicyclic amines) is 2.